The van der Waals surface area contributed by atoms with Crippen LogP contribution in [-0.4, -0.2) is 28.8 Å². The van der Waals surface area contributed by atoms with E-state index in [0.29, 0.717) is 18.7 Å². The molecule has 0 unspecified atom stereocenters. The van der Waals surface area contributed by atoms with E-state index in [2.05, 4.69) is 31.2 Å². The molecule has 0 spiro atoms. The van der Waals surface area contributed by atoms with Gasteiger partial charge in [-0.15, -0.1) is 12.4 Å². The fourth-order valence-electron chi connectivity index (χ4n) is 2.32. The molecule has 3 N–H and O–H groups in total. The summed E-state index contributed by atoms with van der Waals surface area (Å²) >= 11 is 0. The van der Waals surface area contributed by atoms with E-state index in [9.17, 15) is 4.79 Å². The van der Waals surface area contributed by atoms with Crippen molar-refractivity contribution in [3.8, 4) is 5.69 Å². The molecule has 1 heterocycles. The van der Waals surface area contributed by atoms with E-state index in [1.165, 1.54) is 5.56 Å². The molecule has 0 aliphatic rings. The van der Waals surface area contributed by atoms with Gasteiger partial charge in [-0.1, -0.05) is 38.5 Å². The summed E-state index contributed by atoms with van der Waals surface area (Å²) in [7, 11) is 0. The topological polar surface area (TPSA) is 72.9 Å². The van der Waals surface area contributed by atoms with Crippen LogP contribution in [0.3, 0.4) is 0 Å². The predicted octanol–water partition coefficient (Wildman–Crippen LogP) is 2.98. The molecule has 132 valence electrons. The zero-order valence-corrected chi connectivity index (χ0v) is 15.6. The molecule has 24 heavy (non-hydrogen) atoms. The number of hydrogen-bond acceptors (Lipinski definition) is 3. The van der Waals surface area contributed by atoms with Crippen molar-refractivity contribution in [1.82, 2.24) is 15.1 Å². The van der Waals surface area contributed by atoms with Crippen molar-refractivity contribution in [3.05, 3.63) is 47.3 Å². The summed E-state index contributed by atoms with van der Waals surface area (Å²) in [6.45, 7) is 9.37. The second kappa shape index (κ2) is 8.31. The SMILES string of the molecule is Cc1ccc(-n2cc(C(=O)NCCCN)c(C(C)(C)C)n2)cc1.Cl. The fraction of sp³-hybridized carbons (Fsp3) is 0.444. The Morgan fingerprint density at radius 2 is 1.88 bits per heavy atom. The molecule has 0 radical (unpaired) electrons. The Morgan fingerprint density at radius 1 is 1.25 bits per heavy atom. The largest absolute Gasteiger partial charge is 0.352 e. The Kier molecular flexibility index (Phi) is 6.99. The van der Waals surface area contributed by atoms with Gasteiger partial charge in [0, 0.05) is 18.2 Å². The van der Waals surface area contributed by atoms with Gasteiger partial charge in [-0.05, 0) is 32.0 Å². The Bertz CT molecular complexity index is 671. The molecule has 1 aromatic heterocycles. The zero-order valence-electron chi connectivity index (χ0n) is 14.8. The fourth-order valence-corrected chi connectivity index (χ4v) is 2.32. The summed E-state index contributed by atoms with van der Waals surface area (Å²) in [6.07, 6.45) is 2.58. The Balaban J connectivity index is 0.00000288. The molecule has 2 aromatic rings. The minimum atomic E-state index is -0.212. The summed E-state index contributed by atoms with van der Waals surface area (Å²) in [5.74, 6) is -0.0956. The minimum absolute atomic E-state index is 0. The molecule has 2 rings (SSSR count). The predicted molar refractivity (Wildman–Crippen MR) is 100 cm³/mol. The van der Waals surface area contributed by atoms with E-state index in [4.69, 9.17) is 5.73 Å². The van der Waals surface area contributed by atoms with Crippen molar-refractivity contribution in [2.75, 3.05) is 13.1 Å². The molecule has 0 saturated heterocycles. The number of carbonyl (C=O) groups excluding carboxylic acids is 1. The third-order valence-electron chi connectivity index (χ3n) is 3.63. The molecule has 1 aromatic carbocycles. The van der Waals surface area contributed by atoms with Gasteiger partial charge in [0.25, 0.3) is 5.91 Å². The van der Waals surface area contributed by atoms with Gasteiger partial charge >= 0.3 is 0 Å². The van der Waals surface area contributed by atoms with Crippen LogP contribution in [0.5, 0.6) is 0 Å². The summed E-state index contributed by atoms with van der Waals surface area (Å²) in [5, 5.41) is 7.58. The maximum atomic E-state index is 12.5. The first kappa shape index (κ1) is 20.2. The van der Waals surface area contributed by atoms with Crippen LogP contribution in [0.15, 0.2) is 30.5 Å². The number of carbonyl (C=O) groups is 1. The standard InChI is InChI=1S/C18H26N4O.ClH/c1-13-6-8-14(9-7-13)22-12-15(16(21-22)18(2,3)4)17(23)20-11-5-10-19;/h6-9,12H,5,10-11,19H2,1-4H3,(H,20,23);1H. The maximum absolute atomic E-state index is 12.5. The molecule has 0 aliphatic heterocycles. The summed E-state index contributed by atoms with van der Waals surface area (Å²) in [4.78, 5) is 12.5. The van der Waals surface area contributed by atoms with E-state index in [0.717, 1.165) is 17.8 Å². The van der Waals surface area contributed by atoms with Crippen LogP contribution in [0.25, 0.3) is 5.69 Å². The highest BCUT2D eigenvalue weighted by Gasteiger charge is 2.26. The van der Waals surface area contributed by atoms with Gasteiger partial charge in [0.15, 0.2) is 0 Å². The molecule has 6 heteroatoms. The van der Waals surface area contributed by atoms with Gasteiger partial charge in [-0.3, -0.25) is 4.79 Å². The number of amides is 1. The summed E-state index contributed by atoms with van der Waals surface area (Å²) in [6, 6.07) is 8.08. The van der Waals surface area contributed by atoms with Gasteiger partial charge in [-0.2, -0.15) is 5.10 Å². The molecule has 0 bridgehead atoms. The summed E-state index contributed by atoms with van der Waals surface area (Å²) < 4.78 is 1.78. The second-order valence-electron chi connectivity index (χ2n) is 6.82. The van der Waals surface area contributed by atoms with Crippen LogP contribution < -0.4 is 11.1 Å². The summed E-state index contributed by atoms with van der Waals surface area (Å²) in [5.41, 5.74) is 8.82. The lowest BCUT2D eigenvalue weighted by Gasteiger charge is -2.17. The van der Waals surface area contributed by atoms with Crippen LogP contribution in [0, 0.1) is 6.92 Å². The number of benzene rings is 1. The van der Waals surface area contributed by atoms with E-state index in [1.807, 2.05) is 37.4 Å². The number of nitrogens with zero attached hydrogens (tertiary/aromatic N) is 2. The van der Waals surface area contributed by atoms with Gasteiger partial charge in [0.1, 0.15) is 0 Å². The number of aromatic nitrogens is 2. The zero-order chi connectivity index (χ0) is 17.0. The first-order valence-electron chi connectivity index (χ1n) is 7.98. The van der Waals surface area contributed by atoms with E-state index in [1.54, 1.807) is 4.68 Å². The molecular formula is C18H27ClN4O. The highest BCUT2D eigenvalue weighted by Crippen LogP contribution is 2.25. The second-order valence-corrected chi connectivity index (χ2v) is 6.82. The van der Waals surface area contributed by atoms with Crippen molar-refractivity contribution in [1.29, 1.82) is 0 Å². The van der Waals surface area contributed by atoms with Crippen LogP contribution in [-0.2, 0) is 5.41 Å². The third-order valence-corrected chi connectivity index (χ3v) is 3.63. The lowest BCUT2D eigenvalue weighted by molar-refractivity contribution is 0.0951. The average molecular weight is 351 g/mol. The molecule has 0 aliphatic carbocycles. The molecule has 0 fully saturated rings. The Morgan fingerprint density at radius 3 is 2.42 bits per heavy atom. The van der Waals surface area contributed by atoms with Crippen LogP contribution in [0.4, 0.5) is 0 Å². The van der Waals surface area contributed by atoms with E-state index >= 15 is 0 Å². The number of nitrogens with two attached hydrogens (primary N) is 1. The van der Waals surface area contributed by atoms with Crippen LogP contribution in [0.1, 0.15) is 48.8 Å². The lowest BCUT2D eigenvalue weighted by atomic mass is 9.89. The van der Waals surface area contributed by atoms with Gasteiger partial charge in [0.05, 0.1) is 16.9 Å². The smallest absolute Gasteiger partial charge is 0.254 e. The molecule has 0 atom stereocenters. The number of halogens is 1. The molecule has 5 nitrogen and oxygen atoms in total. The van der Waals surface area contributed by atoms with Crippen molar-refractivity contribution < 1.29 is 4.79 Å². The Labute approximate surface area is 150 Å². The van der Waals surface area contributed by atoms with E-state index < -0.39 is 0 Å². The number of rotatable bonds is 5. The van der Waals surface area contributed by atoms with Gasteiger partial charge in [0.2, 0.25) is 0 Å². The monoisotopic (exact) mass is 350 g/mol. The molecule has 1 amide bonds. The van der Waals surface area contributed by atoms with E-state index in [-0.39, 0.29) is 23.7 Å². The first-order valence-corrected chi connectivity index (χ1v) is 7.98. The molecular weight excluding hydrogens is 324 g/mol. The molecule has 0 saturated carbocycles. The number of nitrogens with one attached hydrogen (secondary N) is 1. The van der Waals surface area contributed by atoms with Crippen molar-refractivity contribution in [2.24, 2.45) is 5.73 Å². The van der Waals surface area contributed by atoms with Crippen molar-refractivity contribution in [2.45, 2.75) is 39.5 Å². The van der Waals surface area contributed by atoms with Gasteiger partial charge < -0.3 is 11.1 Å². The average Bonchev–Trinajstić information content (AvgIpc) is 2.93. The normalized spacial score (nSPS) is 11.0. The lowest BCUT2D eigenvalue weighted by Crippen LogP contribution is -2.28. The number of hydrogen-bond donors (Lipinski definition) is 2. The van der Waals surface area contributed by atoms with Crippen molar-refractivity contribution >= 4 is 18.3 Å². The minimum Gasteiger partial charge on any atom is -0.352 e. The third kappa shape index (κ3) is 4.82. The quantitative estimate of drug-likeness (QED) is 0.814. The number of aryl methyl sites for hydroxylation is 1. The maximum Gasteiger partial charge on any atom is 0.254 e. The van der Waals surface area contributed by atoms with Crippen molar-refractivity contribution in [3.63, 3.8) is 0 Å². The highest BCUT2D eigenvalue weighted by molar-refractivity contribution is 5.95. The Hall–Kier alpha value is -1.85. The van der Waals surface area contributed by atoms with Crippen LogP contribution in [0.2, 0.25) is 0 Å². The van der Waals surface area contributed by atoms with Gasteiger partial charge in [-0.25, -0.2) is 4.68 Å². The first-order chi connectivity index (χ1) is 10.8. The highest BCUT2D eigenvalue weighted by atomic mass is 35.5. The van der Waals surface area contributed by atoms with Crippen LogP contribution >= 0.6 is 12.4 Å².